The van der Waals surface area contributed by atoms with Crippen molar-refractivity contribution in [1.82, 2.24) is 9.97 Å². The Morgan fingerprint density at radius 1 is 0.920 bits per heavy atom. The van der Waals surface area contributed by atoms with Gasteiger partial charge in [0.1, 0.15) is 27.8 Å². The fourth-order valence-corrected chi connectivity index (χ4v) is 3.27. The molecule has 6 heteroatoms. The Hall–Kier alpha value is -2.86. The second-order valence-corrected chi connectivity index (χ2v) is 6.42. The highest BCUT2D eigenvalue weighted by Crippen LogP contribution is 2.26. The maximum Gasteiger partial charge on any atom is 0.167 e. The number of thiazole rings is 1. The fraction of sp³-hybridized carbons (Fsp3) is 0.0526. The maximum absolute atomic E-state index is 13.6. The largest absolute Gasteiger partial charge is 0.483 e. The molecule has 0 N–H and O–H groups in total. The quantitative estimate of drug-likeness (QED) is 0.504. The zero-order valence-electron chi connectivity index (χ0n) is 12.9. The normalized spacial score (nSPS) is 11.0. The molecule has 0 fully saturated rings. The van der Waals surface area contributed by atoms with Gasteiger partial charge in [-0.15, -0.1) is 0 Å². The minimum atomic E-state index is -0.731. The molecule has 2 aromatic heterocycles. The summed E-state index contributed by atoms with van der Waals surface area (Å²) < 4.78 is 31.9. The number of hydrogen-bond donors (Lipinski definition) is 0. The Balaban J connectivity index is 1.57. The molecule has 0 bridgehead atoms. The molecule has 3 nitrogen and oxygen atoms in total. The molecule has 25 heavy (non-hydrogen) atoms. The molecule has 0 aliphatic heterocycles. The zero-order valence-corrected chi connectivity index (χ0v) is 13.8. The van der Waals surface area contributed by atoms with E-state index in [1.807, 2.05) is 42.5 Å². The van der Waals surface area contributed by atoms with Crippen molar-refractivity contribution in [3.63, 3.8) is 0 Å². The Morgan fingerprint density at radius 3 is 2.56 bits per heavy atom. The maximum atomic E-state index is 13.6. The third kappa shape index (κ3) is 3.34. The van der Waals surface area contributed by atoms with E-state index in [0.717, 1.165) is 33.7 Å². The monoisotopic (exact) mass is 354 g/mol. The van der Waals surface area contributed by atoms with Gasteiger partial charge in [-0.05, 0) is 24.3 Å². The van der Waals surface area contributed by atoms with Crippen LogP contribution in [0, 0.1) is 11.6 Å². The van der Waals surface area contributed by atoms with E-state index in [1.54, 1.807) is 0 Å². The van der Waals surface area contributed by atoms with Crippen LogP contribution in [-0.2, 0) is 6.61 Å². The van der Waals surface area contributed by atoms with Gasteiger partial charge >= 0.3 is 0 Å². The molecule has 0 spiro atoms. The molecule has 4 rings (SSSR count). The van der Waals surface area contributed by atoms with Crippen LogP contribution < -0.4 is 4.74 Å². The number of pyridine rings is 1. The van der Waals surface area contributed by atoms with Gasteiger partial charge in [-0.1, -0.05) is 41.7 Å². The molecule has 0 radical (unpaired) electrons. The van der Waals surface area contributed by atoms with Crippen LogP contribution in [0.5, 0.6) is 5.75 Å². The Morgan fingerprint density at radius 2 is 1.76 bits per heavy atom. The average Bonchev–Trinajstić information content (AvgIpc) is 3.04. The first-order valence-corrected chi connectivity index (χ1v) is 8.40. The SMILES string of the molecule is Fc1ccc(OCc2nc3ccc(-c4ccccc4)nc3s2)c(F)c1. The van der Waals surface area contributed by atoms with Crippen LogP contribution in [-0.4, -0.2) is 9.97 Å². The highest BCUT2D eigenvalue weighted by atomic mass is 32.1. The number of halogens is 2. The average molecular weight is 354 g/mol. The standard InChI is InChI=1S/C19H12F2N2OS/c20-13-6-9-17(14(21)10-13)24-11-18-22-16-8-7-15(23-19(16)25-18)12-4-2-1-3-5-12/h1-10H,11H2. The van der Waals surface area contributed by atoms with Gasteiger partial charge in [-0.2, -0.15) is 0 Å². The predicted octanol–water partition coefficient (Wildman–Crippen LogP) is 5.22. The number of ether oxygens (including phenoxy) is 1. The molecule has 2 aromatic carbocycles. The molecule has 0 amide bonds. The second kappa shape index (κ2) is 6.57. The molecule has 0 aliphatic rings. The van der Waals surface area contributed by atoms with Crippen molar-refractivity contribution in [3.05, 3.63) is 77.3 Å². The molecule has 124 valence electrons. The highest BCUT2D eigenvalue weighted by Gasteiger charge is 2.10. The van der Waals surface area contributed by atoms with E-state index < -0.39 is 11.6 Å². The van der Waals surface area contributed by atoms with Gasteiger partial charge in [0.2, 0.25) is 0 Å². The topological polar surface area (TPSA) is 35.0 Å². The van der Waals surface area contributed by atoms with Gasteiger partial charge in [0.25, 0.3) is 0 Å². The van der Waals surface area contributed by atoms with Gasteiger partial charge in [-0.25, -0.2) is 18.7 Å². The first kappa shape index (κ1) is 15.7. The lowest BCUT2D eigenvalue weighted by Crippen LogP contribution is -1.97. The number of fused-ring (bicyclic) bond motifs is 1. The summed E-state index contributed by atoms with van der Waals surface area (Å²) in [5.41, 5.74) is 2.67. The summed E-state index contributed by atoms with van der Waals surface area (Å²) in [6.45, 7) is 0.101. The third-order valence-electron chi connectivity index (χ3n) is 3.61. The molecule has 2 heterocycles. The van der Waals surface area contributed by atoms with Crippen LogP contribution in [0.25, 0.3) is 21.6 Å². The summed E-state index contributed by atoms with van der Waals surface area (Å²) in [5.74, 6) is -1.37. The molecule has 0 aliphatic carbocycles. The van der Waals surface area contributed by atoms with Gasteiger partial charge in [0.05, 0.1) is 5.69 Å². The first-order chi connectivity index (χ1) is 12.2. The van der Waals surface area contributed by atoms with Crippen LogP contribution in [0.4, 0.5) is 8.78 Å². The molecular formula is C19H12F2N2OS. The van der Waals surface area contributed by atoms with Crippen LogP contribution in [0.2, 0.25) is 0 Å². The van der Waals surface area contributed by atoms with Crippen molar-refractivity contribution in [2.24, 2.45) is 0 Å². The van der Waals surface area contributed by atoms with E-state index in [9.17, 15) is 8.78 Å². The van der Waals surface area contributed by atoms with Crippen LogP contribution in [0.1, 0.15) is 5.01 Å². The lowest BCUT2D eigenvalue weighted by Gasteiger charge is -2.04. The number of aromatic nitrogens is 2. The van der Waals surface area contributed by atoms with Crippen LogP contribution in [0.15, 0.2) is 60.7 Å². The lowest BCUT2D eigenvalue weighted by atomic mass is 10.1. The van der Waals surface area contributed by atoms with Crippen molar-refractivity contribution in [2.45, 2.75) is 6.61 Å². The summed E-state index contributed by atoms with van der Waals surface area (Å²) in [6.07, 6.45) is 0. The second-order valence-electron chi connectivity index (χ2n) is 5.36. The van der Waals surface area contributed by atoms with E-state index in [4.69, 9.17) is 4.74 Å². The van der Waals surface area contributed by atoms with Gasteiger partial charge < -0.3 is 4.74 Å². The summed E-state index contributed by atoms with van der Waals surface area (Å²) in [7, 11) is 0. The number of hydrogen-bond acceptors (Lipinski definition) is 4. The van der Waals surface area contributed by atoms with Gasteiger partial charge in [0, 0.05) is 11.6 Å². The van der Waals surface area contributed by atoms with E-state index >= 15 is 0 Å². The summed E-state index contributed by atoms with van der Waals surface area (Å²) >= 11 is 1.39. The molecule has 0 saturated heterocycles. The van der Waals surface area contributed by atoms with E-state index in [-0.39, 0.29) is 12.4 Å². The summed E-state index contributed by atoms with van der Waals surface area (Å²) in [5, 5.41) is 0.677. The van der Waals surface area contributed by atoms with Gasteiger partial charge in [-0.3, -0.25) is 0 Å². The molecule has 0 saturated carbocycles. The Kier molecular flexibility index (Phi) is 4.11. The van der Waals surface area contributed by atoms with Crippen molar-refractivity contribution >= 4 is 21.7 Å². The minimum Gasteiger partial charge on any atom is -0.483 e. The van der Waals surface area contributed by atoms with E-state index in [0.29, 0.717) is 5.01 Å². The van der Waals surface area contributed by atoms with Crippen LogP contribution >= 0.6 is 11.3 Å². The van der Waals surface area contributed by atoms with Crippen molar-refractivity contribution in [2.75, 3.05) is 0 Å². The minimum absolute atomic E-state index is 0.00131. The molecule has 0 unspecified atom stereocenters. The molecule has 4 aromatic rings. The molecule has 0 atom stereocenters. The van der Waals surface area contributed by atoms with E-state index in [2.05, 4.69) is 9.97 Å². The smallest absolute Gasteiger partial charge is 0.167 e. The summed E-state index contributed by atoms with van der Waals surface area (Å²) in [6, 6.07) is 16.9. The van der Waals surface area contributed by atoms with Crippen molar-refractivity contribution < 1.29 is 13.5 Å². The van der Waals surface area contributed by atoms with Crippen molar-refractivity contribution in [3.8, 4) is 17.0 Å². The Bertz CT molecular complexity index is 1030. The van der Waals surface area contributed by atoms with Crippen molar-refractivity contribution in [1.29, 1.82) is 0 Å². The number of rotatable bonds is 4. The van der Waals surface area contributed by atoms with Crippen LogP contribution in [0.3, 0.4) is 0 Å². The summed E-state index contributed by atoms with van der Waals surface area (Å²) in [4.78, 5) is 9.86. The fourth-order valence-electron chi connectivity index (χ4n) is 2.43. The van der Waals surface area contributed by atoms with Gasteiger partial charge in [0.15, 0.2) is 11.6 Å². The highest BCUT2D eigenvalue weighted by molar-refractivity contribution is 7.18. The first-order valence-electron chi connectivity index (χ1n) is 7.59. The Labute approximate surface area is 146 Å². The predicted molar refractivity (Wildman–Crippen MR) is 93.5 cm³/mol. The lowest BCUT2D eigenvalue weighted by molar-refractivity contribution is 0.289. The molecular weight excluding hydrogens is 342 g/mol. The number of benzene rings is 2. The number of nitrogens with zero attached hydrogens (tertiary/aromatic N) is 2. The van der Waals surface area contributed by atoms with E-state index in [1.165, 1.54) is 17.4 Å². The third-order valence-corrected chi connectivity index (χ3v) is 4.55. The zero-order chi connectivity index (χ0) is 17.2.